The number of carbonyl (C=O) groups excluding carboxylic acids is 2. The highest BCUT2D eigenvalue weighted by atomic mass is 16.3. The minimum atomic E-state index is -0.717. The number of aliphatic hydroxyl groups excluding tert-OH is 2. The number of hydrogen-bond acceptors (Lipinski definition) is 6. The van der Waals surface area contributed by atoms with Crippen molar-refractivity contribution in [3.8, 4) is 11.5 Å². The first-order valence-electron chi connectivity index (χ1n) is 6.52. The average Bonchev–Trinajstić information content (AvgIpc) is 2.52. The molecule has 0 saturated carbocycles. The number of aromatic hydroxyl groups is 2. The summed E-state index contributed by atoms with van der Waals surface area (Å²) >= 11 is 0. The molecule has 112 valence electrons. The summed E-state index contributed by atoms with van der Waals surface area (Å²) in [7, 11) is 0. The summed E-state index contributed by atoms with van der Waals surface area (Å²) < 4.78 is 0. The van der Waals surface area contributed by atoms with Crippen LogP contribution in [0.15, 0.2) is 24.3 Å². The summed E-state index contributed by atoms with van der Waals surface area (Å²) in [6.45, 7) is -0.980. The van der Waals surface area contributed by atoms with Crippen molar-refractivity contribution in [1.29, 1.82) is 0 Å². The second-order valence-corrected chi connectivity index (χ2v) is 4.97. The second-order valence-electron chi connectivity index (χ2n) is 4.97. The van der Waals surface area contributed by atoms with Crippen LogP contribution in [0.1, 0.15) is 43.0 Å². The Morgan fingerprint density at radius 1 is 0.682 bits per heavy atom. The highest BCUT2D eigenvalue weighted by molar-refractivity contribution is 6.30. The SMILES string of the molecule is O=C1c2ccc(CO)c(O)c2C(=O)c2c1ccc(CO)c2O. The van der Waals surface area contributed by atoms with Gasteiger partial charge in [0.1, 0.15) is 11.5 Å². The van der Waals surface area contributed by atoms with Crippen LogP contribution in [0.25, 0.3) is 0 Å². The third-order valence-corrected chi connectivity index (χ3v) is 3.81. The van der Waals surface area contributed by atoms with Crippen molar-refractivity contribution in [2.24, 2.45) is 0 Å². The van der Waals surface area contributed by atoms with E-state index < -0.39 is 36.3 Å². The van der Waals surface area contributed by atoms with Gasteiger partial charge in [-0.2, -0.15) is 0 Å². The summed E-state index contributed by atoms with van der Waals surface area (Å²) in [5.74, 6) is -2.18. The van der Waals surface area contributed by atoms with Crippen LogP contribution in [0.2, 0.25) is 0 Å². The molecule has 0 bridgehead atoms. The highest BCUT2D eigenvalue weighted by Gasteiger charge is 2.35. The van der Waals surface area contributed by atoms with Crippen LogP contribution in [0.4, 0.5) is 0 Å². The van der Waals surface area contributed by atoms with E-state index in [1.807, 2.05) is 0 Å². The van der Waals surface area contributed by atoms with Gasteiger partial charge in [0.25, 0.3) is 0 Å². The first-order chi connectivity index (χ1) is 10.5. The standard InChI is InChI=1S/C16H12O6/c17-5-7-1-3-9-11(13(7)19)16(22)12-10(15(9)21)4-2-8(6-18)14(12)20/h1-4,17-20H,5-6H2. The molecule has 0 fully saturated rings. The van der Waals surface area contributed by atoms with Gasteiger partial charge in [0, 0.05) is 22.3 Å². The Kier molecular flexibility index (Phi) is 3.20. The molecule has 3 rings (SSSR count). The van der Waals surface area contributed by atoms with Crippen molar-refractivity contribution >= 4 is 11.6 Å². The monoisotopic (exact) mass is 300 g/mol. The fourth-order valence-corrected chi connectivity index (χ4v) is 2.63. The summed E-state index contributed by atoms with van der Waals surface area (Å²) in [5.41, 5.74) is -0.224. The second kappa shape index (κ2) is 4.94. The van der Waals surface area contributed by atoms with Crippen molar-refractivity contribution in [3.05, 3.63) is 57.6 Å². The van der Waals surface area contributed by atoms with E-state index in [-0.39, 0.29) is 33.4 Å². The maximum absolute atomic E-state index is 12.6. The molecule has 2 aromatic rings. The lowest BCUT2D eigenvalue weighted by Gasteiger charge is -2.21. The topological polar surface area (TPSA) is 115 Å². The number of phenols is 2. The lowest BCUT2D eigenvalue weighted by Crippen LogP contribution is -2.22. The summed E-state index contributed by atoms with van der Waals surface area (Å²) in [5, 5.41) is 38.5. The Bertz CT molecular complexity index is 756. The van der Waals surface area contributed by atoms with Crippen LogP contribution in [0.3, 0.4) is 0 Å². The van der Waals surface area contributed by atoms with E-state index in [2.05, 4.69) is 0 Å². The van der Waals surface area contributed by atoms with Gasteiger partial charge in [0.15, 0.2) is 5.78 Å². The van der Waals surface area contributed by atoms with Gasteiger partial charge in [-0.1, -0.05) is 12.1 Å². The van der Waals surface area contributed by atoms with E-state index in [0.29, 0.717) is 0 Å². The minimum Gasteiger partial charge on any atom is -0.507 e. The normalized spacial score (nSPS) is 13.0. The van der Waals surface area contributed by atoms with Crippen LogP contribution in [-0.4, -0.2) is 32.0 Å². The predicted octanol–water partition coefficient (Wildman–Crippen LogP) is 0.858. The molecular formula is C16H12O6. The van der Waals surface area contributed by atoms with E-state index in [4.69, 9.17) is 10.2 Å². The molecule has 1 aliphatic carbocycles. The number of hydrogen-bond donors (Lipinski definition) is 4. The average molecular weight is 300 g/mol. The van der Waals surface area contributed by atoms with E-state index in [1.54, 1.807) is 0 Å². The van der Waals surface area contributed by atoms with Gasteiger partial charge in [-0.25, -0.2) is 0 Å². The lowest BCUT2D eigenvalue weighted by molar-refractivity contribution is 0.0973. The number of ketones is 2. The van der Waals surface area contributed by atoms with Crippen molar-refractivity contribution < 1.29 is 30.0 Å². The highest BCUT2D eigenvalue weighted by Crippen LogP contribution is 2.39. The molecule has 0 radical (unpaired) electrons. The van der Waals surface area contributed by atoms with Gasteiger partial charge in [0.2, 0.25) is 5.78 Å². The van der Waals surface area contributed by atoms with E-state index in [0.717, 1.165) is 0 Å². The number of carbonyl (C=O) groups is 2. The maximum atomic E-state index is 12.6. The first kappa shape index (κ1) is 14.2. The lowest BCUT2D eigenvalue weighted by atomic mass is 9.81. The Hall–Kier alpha value is -2.70. The molecule has 2 aromatic carbocycles. The van der Waals surface area contributed by atoms with Gasteiger partial charge in [-0.05, 0) is 12.1 Å². The molecule has 22 heavy (non-hydrogen) atoms. The maximum Gasteiger partial charge on any atom is 0.201 e. The molecule has 1 aliphatic rings. The van der Waals surface area contributed by atoms with E-state index >= 15 is 0 Å². The zero-order valence-electron chi connectivity index (χ0n) is 11.3. The van der Waals surface area contributed by atoms with Gasteiger partial charge in [0.05, 0.1) is 24.3 Å². The van der Waals surface area contributed by atoms with Crippen LogP contribution < -0.4 is 0 Å². The fourth-order valence-electron chi connectivity index (χ4n) is 2.63. The number of rotatable bonds is 2. The predicted molar refractivity (Wildman–Crippen MR) is 74.9 cm³/mol. The van der Waals surface area contributed by atoms with Gasteiger partial charge in [-0.15, -0.1) is 0 Å². The zero-order chi connectivity index (χ0) is 16.0. The number of aliphatic hydroxyl groups is 2. The third-order valence-electron chi connectivity index (χ3n) is 3.81. The first-order valence-corrected chi connectivity index (χ1v) is 6.52. The fraction of sp³-hybridized carbons (Fsp3) is 0.125. The Morgan fingerprint density at radius 2 is 1.09 bits per heavy atom. The van der Waals surface area contributed by atoms with Crippen LogP contribution in [0.5, 0.6) is 11.5 Å². The van der Waals surface area contributed by atoms with Gasteiger partial charge in [-0.3, -0.25) is 9.59 Å². The van der Waals surface area contributed by atoms with Crippen LogP contribution in [0, 0.1) is 0 Å². The summed E-state index contributed by atoms with van der Waals surface area (Å²) in [6.07, 6.45) is 0. The number of fused-ring (bicyclic) bond motifs is 2. The zero-order valence-corrected chi connectivity index (χ0v) is 11.3. The molecule has 4 N–H and O–H groups in total. The Labute approximate surface area is 124 Å². The molecule has 0 amide bonds. The Balaban J connectivity index is 2.34. The summed E-state index contributed by atoms with van der Waals surface area (Å²) in [6, 6.07) is 5.46. The molecule has 0 aromatic heterocycles. The molecular weight excluding hydrogens is 288 g/mol. The molecule has 6 heteroatoms. The molecule has 0 heterocycles. The smallest absolute Gasteiger partial charge is 0.201 e. The molecule has 0 spiro atoms. The van der Waals surface area contributed by atoms with Crippen molar-refractivity contribution in [2.45, 2.75) is 13.2 Å². The van der Waals surface area contributed by atoms with Crippen molar-refractivity contribution in [2.75, 3.05) is 0 Å². The van der Waals surface area contributed by atoms with Crippen LogP contribution >= 0.6 is 0 Å². The molecule has 0 atom stereocenters. The van der Waals surface area contributed by atoms with Gasteiger partial charge >= 0.3 is 0 Å². The number of benzene rings is 2. The molecule has 0 aliphatic heterocycles. The molecule has 0 unspecified atom stereocenters. The molecule has 6 nitrogen and oxygen atoms in total. The summed E-state index contributed by atoms with van der Waals surface area (Å²) in [4.78, 5) is 25.1. The molecule has 0 saturated heterocycles. The quantitative estimate of drug-likeness (QED) is 0.558. The largest absolute Gasteiger partial charge is 0.507 e. The minimum absolute atomic E-state index is 0.0170. The van der Waals surface area contributed by atoms with Crippen molar-refractivity contribution in [3.63, 3.8) is 0 Å². The van der Waals surface area contributed by atoms with E-state index in [1.165, 1.54) is 24.3 Å². The Morgan fingerprint density at radius 3 is 1.45 bits per heavy atom. The third kappa shape index (κ3) is 1.75. The van der Waals surface area contributed by atoms with Crippen molar-refractivity contribution in [1.82, 2.24) is 0 Å². The van der Waals surface area contributed by atoms with Gasteiger partial charge < -0.3 is 20.4 Å². The van der Waals surface area contributed by atoms with E-state index in [9.17, 15) is 19.8 Å². The van der Waals surface area contributed by atoms with Crippen LogP contribution in [-0.2, 0) is 13.2 Å².